The zero-order chi connectivity index (χ0) is 12.4. The van der Waals surface area contributed by atoms with Crippen molar-refractivity contribution in [2.75, 3.05) is 18.0 Å². The van der Waals surface area contributed by atoms with Gasteiger partial charge in [0.15, 0.2) is 0 Å². The number of carbonyl (C=O) groups excluding carboxylic acids is 1. The Kier molecular flexibility index (Phi) is 3.48. The van der Waals surface area contributed by atoms with E-state index < -0.39 is 0 Å². The molecule has 1 aliphatic heterocycles. The second-order valence-electron chi connectivity index (χ2n) is 4.97. The Bertz CT molecular complexity index is 416. The zero-order valence-electron chi connectivity index (χ0n) is 10.7. The van der Waals surface area contributed by atoms with Crippen LogP contribution >= 0.6 is 0 Å². The normalized spacial score (nSPS) is 25.8. The molecular weight excluding hydrogens is 212 g/mol. The van der Waals surface area contributed by atoms with Crippen molar-refractivity contribution in [2.45, 2.75) is 26.8 Å². The predicted octanol–water partition coefficient (Wildman–Crippen LogP) is 1.96. The van der Waals surface area contributed by atoms with Crippen LogP contribution in [0.1, 0.15) is 19.4 Å². The van der Waals surface area contributed by atoms with Crippen LogP contribution in [-0.4, -0.2) is 25.0 Å². The van der Waals surface area contributed by atoms with Crippen molar-refractivity contribution in [1.29, 1.82) is 0 Å². The van der Waals surface area contributed by atoms with E-state index in [2.05, 4.69) is 25.2 Å². The Balaban J connectivity index is 2.34. The van der Waals surface area contributed by atoms with Gasteiger partial charge in [-0.25, -0.2) is 0 Å². The number of benzene rings is 1. The number of hydrogen-bond donors (Lipinski definition) is 1. The third-order valence-electron chi connectivity index (χ3n) is 3.31. The lowest BCUT2D eigenvalue weighted by molar-refractivity contribution is -0.119. The third kappa shape index (κ3) is 2.50. The number of carbonyl (C=O) groups is 1. The van der Waals surface area contributed by atoms with E-state index in [1.54, 1.807) is 0 Å². The van der Waals surface area contributed by atoms with Crippen LogP contribution in [0.2, 0.25) is 0 Å². The van der Waals surface area contributed by atoms with E-state index in [4.69, 9.17) is 0 Å². The molecule has 1 N–H and O–H groups in total. The molecule has 2 unspecified atom stereocenters. The monoisotopic (exact) mass is 232 g/mol. The molecule has 1 saturated heterocycles. The number of amides is 1. The average Bonchev–Trinajstić information content (AvgIpc) is 2.44. The molecule has 0 spiro atoms. The summed E-state index contributed by atoms with van der Waals surface area (Å²) in [4.78, 5) is 14.2. The minimum absolute atomic E-state index is 0.0976. The SMILES string of the molecule is Cc1ccccc1N1CC(C)CNC(C)C1=O. The number of anilines is 1. The molecule has 2 atom stereocenters. The van der Waals surface area contributed by atoms with Gasteiger partial charge in [-0.05, 0) is 31.4 Å². The Labute approximate surface area is 103 Å². The maximum absolute atomic E-state index is 12.3. The van der Waals surface area contributed by atoms with Crippen molar-refractivity contribution in [3.05, 3.63) is 29.8 Å². The van der Waals surface area contributed by atoms with Crippen molar-refractivity contribution in [3.63, 3.8) is 0 Å². The van der Waals surface area contributed by atoms with Crippen LogP contribution in [0.25, 0.3) is 0 Å². The van der Waals surface area contributed by atoms with Crippen molar-refractivity contribution in [1.82, 2.24) is 5.32 Å². The van der Waals surface area contributed by atoms with Gasteiger partial charge in [-0.2, -0.15) is 0 Å². The molecule has 92 valence electrons. The highest BCUT2D eigenvalue weighted by molar-refractivity contribution is 5.97. The van der Waals surface area contributed by atoms with Crippen LogP contribution in [0, 0.1) is 12.8 Å². The molecule has 1 aliphatic rings. The highest BCUT2D eigenvalue weighted by Crippen LogP contribution is 2.22. The molecule has 2 rings (SSSR count). The van der Waals surface area contributed by atoms with Gasteiger partial charge in [-0.15, -0.1) is 0 Å². The summed E-state index contributed by atoms with van der Waals surface area (Å²) in [6.45, 7) is 7.85. The van der Waals surface area contributed by atoms with E-state index in [-0.39, 0.29) is 11.9 Å². The Morgan fingerprint density at radius 1 is 1.29 bits per heavy atom. The van der Waals surface area contributed by atoms with Gasteiger partial charge in [-0.1, -0.05) is 25.1 Å². The van der Waals surface area contributed by atoms with Gasteiger partial charge in [0.2, 0.25) is 5.91 Å². The van der Waals surface area contributed by atoms with Crippen molar-refractivity contribution in [2.24, 2.45) is 5.92 Å². The van der Waals surface area contributed by atoms with Crippen molar-refractivity contribution >= 4 is 11.6 Å². The van der Waals surface area contributed by atoms with E-state index >= 15 is 0 Å². The highest BCUT2D eigenvalue weighted by Gasteiger charge is 2.27. The van der Waals surface area contributed by atoms with Crippen LogP contribution in [0.5, 0.6) is 0 Å². The quantitative estimate of drug-likeness (QED) is 0.802. The first-order chi connectivity index (χ1) is 8.09. The molecule has 17 heavy (non-hydrogen) atoms. The fourth-order valence-corrected chi connectivity index (χ4v) is 2.25. The number of para-hydroxylation sites is 1. The van der Waals surface area contributed by atoms with Gasteiger partial charge in [0.1, 0.15) is 0 Å². The fraction of sp³-hybridized carbons (Fsp3) is 0.500. The van der Waals surface area contributed by atoms with Crippen LogP contribution in [0.3, 0.4) is 0 Å². The number of hydrogen-bond acceptors (Lipinski definition) is 2. The first-order valence-electron chi connectivity index (χ1n) is 6.20. The molecule has 1 aromatic rings. The van der Waals surface area contributed by atoms with Crippen LogP contribution in [0.4, 0.5) is 5.69 Å². The van der Waals surface area contributed by atoms with E-state index in [9.17, 15) is 4.79 Å². The summed E-state index contributed by atoms with van der Waals surface area (Å²) in [5.74, 6) is 0.646. The van der Waals surface area contributed by atoms with E-state index in [1.807, 2.05) is 30.0 Å². The van der Waals surface area contributed by atoms with Gasteiger partial charge in [0, 0.05) is 18.8 Å². The molecule has 3 nitrogen and oxygen atoms in total. The molecular formula is C14H20N2O. The molecule has 0 saturated carbocycles. The first-order valence-corrected chi connectivity index (χ1v) is 6.20. The second-order valence-corrected chi connectivity index (χ2v) is 4.97. The van der Waals surface area contributed by atoms with Crippen LogP contribution < -0.4 is 10.2 Å². The highest BCUT2D eigenvalue weighted by atomic mass is 16.2. The molecule has 1 fully saturated rings. The number of nitrogens with zero attached hydrogens (tertiary/aromatic N) is 1. The summed E-state index contributed by atoms with van der Waals surface area (Å²) in [5.41, 5.74) is 2.20. The summed E-state index contributed by atoms with van der Waals surface area (Å²) in [7, 11) is 0. The standard InChI is InChI=1S/C14H20N2O/c1-10-8-15-12(3)14(17)16(9-10)13-7-5-4-6-11(13)2/h4-7,10,12,15H,8-9H2,1-3H3. The fourth-order valence-electron chi connectivity index (χ4n) is 2.25. The summed E-state index contributed by atoms with van der Waals surface area (Å²) in [5, 5.41) is 3.27. The first kappa shape index (κ1) is 12.1. The summed E-state index contributed by atoms with van der Waals surface area (Å²) in [6, 6.07) is 7.98. The van der Waals surface area contributed by atoms with Crippen molar-refractivity contribution in [3.8, 4) is 0 Å². The van der Waals surface area contributed by atoms with Gasteiger partial charge in [-0.3, -0.25) is 4.79 Å². The number of aryl methyl sites for hydroxylation is 1. The minimum atomic E-state index is -0.0976. The smallest absolute Gasteiger partial charge is 0.243 e. The summed E-state index contributed by atoms with van der Waals surface area (Å²) in [6.07, 6.45) is 0. The lowest BCUT2D eigenvalue weighted by Crippen LogP contribution is -2.42. The minimum Gasteiger partial charge on any atom is -0.311 e. The van der Waals surface area contributed by atoms with Gasteiger partial charge in [0.05, 0.1) is 6.04 Å². The number of rotatable bonds is 1. The lowest BCUT2D eigenvalue weighted by atomic mass is 10.1. The molecule has 0 aliphatic carbocycles. The maximum atomic E-state index is 12.3. The molecule has 0 bridgehead atoms. The van der Waals surface area contributed by atoms with E-state index in [1.165, 1.54) is 0 Å². The topological polar surface area (TPSA) is 32.3 Å². The number of nitrogens with one attached hydrogen (secondary N) is 1. The molecule has 3 heteroatoms. The van der Waals surface area contributed by atoms with Gasteiger partial charge < -0.3 is 10.2 Å². The van der Waals surface area contributed by atoms with Crippen LogP contribution in [-0.2, 0) is 4.79 Å². The van der Waals surface area contributed by atoms with Gasteiger partial charge >= 0.3 is 0 Å². The van der Waals surface area contributed by atoms with Crippen LogP contribution in [0.15, 0.2) is 24.3 Å². The Hall–Kier alpha value is -1.35. The molecule has 1 amide bonds. The molecule has 1 heterocycles. The average molecular weight is 232 g/mol. The Morgan fingerprint density at radius 2 is 2.00 bits per heavy atom. The van der Waals surface area contributed by atoms with E-state index in [0.717, 1.165) is 24.3 Å². The third-order valence-corrected chi connectivity index (χ3v) is 3.31. The zero-order valence-corrected chi connectivity index (χ0v) is 10.7. The maximum Gasteiger partial charge on any atom is 0.243 e. The predicted molar refractivity (Wildman–Crippen MR) is 70.2 cm³/mol. The molecule has 0 radical (unpaired) electrons. The Morgan fingerprint density at radius 3 is 2.71 bits per heavy atom. The second kappa shape index (κ2) is 4.88. The van der Waals surface area contributed by atoms with Crippen molar-refractivity contribution < 1.29 is 4.79 Å². The summed E-state index contributed by atoms with van der Waals surface area (Å²) >= 11 is 0. The largest absolute Gasteiger partial charge is 0.311 e. The van der Waals surface area contributed by atoms with Gasteiger partial charge in [0.25, 0.3) is 0 Å². The lowest BCUT2D eigenvalue weighted by Gasteiger charge is -2.25. The molecule has 1 aromatic carbocycles. The molecule has 0 aromatic heterocycles. The van der Waals surface area contributed by atoms with E-state index in [0.29, 0.717) is 5.92 Å². The summed E-state index contributed by atoms with van der Waals surface area (Å²) < 4.78 is 0.